The number of carbonyl (C=O) groups excluding carboxylic acids is 1. The number of rotatable bonds is 8. The summed E-state index contributed by atoms with van der Waals surface area (Å²) in [7, 11) is 3.00. The molecule has 0 aliphatic carbocycles. The average molecular weight is 494 g/mol. The van der Waals surface area contributed by atoms with E-state index >= 15 is 0 Å². The quantitative estimate of drug-likeness (QED) is 0.137. The third kappa shape index (κ3) is 5.54. The van der Waals surface area contributed by atoms with E-state index < -0.39 is 5.97 Å². The van der Waals surface area contributed by atoms with E-state index in [9.17, 15) is 4.79 Å². The second-order valence-electron chi connectivity index (χ2n) is 6.91. The molecule has 0 fully saturated rings. The number of para-hydroxylation sites is 1. The molecular weight excluding hydrogens is 474 g/mol. The summed E-state index contributed by atoms with van der Waals surface area (Å²) in [5, 5.41) is 7.51. The van der Waals surface area contributed by atoms with Crippen LogP contribution in [0.5, 0.6) is 17.2 Å². The van der Waals surface area contributed by atoms with Crippen molar-refractivity contribution in [2.75, 3.05) is 19.6 Å². The molecule has 0 amide bonds. The van der Waals surface area contributed by atoms with E-state index in [1.54, 1.807) is 48.7 Å². The molecule has 4 rings (SSSR count). The highest BCUT2D eigenvalue weighted by molar-refractivity contribution is 7.14. The van der Waals surface area contributed by atoms with Gasteiger partial charge in [0.25, 0.3) is 0 Å². The number of hydrogen-bond acceptors (Lipinski definition) is 8. The third-order valence-electron chi connectivity index (χ3n) is 4.74. The predicted molar refractivity (Wildman–Crippen MR) is 135 cm³/mol. The van der Waals surface area contributed by atoms with Gasteiger partial charge in [0.1, 0.15) is 11.3 Å². The summed E-state index contributed by atoms with van der Waals surface area (Å²) in [4.78, 5) is 17.1. The van der Waals surface area contributed by atoms with Crippen LogP contribution >= 0.6 is 22.9 Å². The Labute approximate surface area is 205 Å². The molecule has 34 heavy (non-hydrogen) atoms. The first kappa shape index (κ1) is 23.3. The highest BCUT2D eigenvalue weighted by Gasteiger charge is 2.16. The second kappa shape index (κ2) is 10.8. The van der Waals surface area contributed by atoms with Crippen molar-refractivity contribution in [3.05, 3.63) is 88.3 Å². The topological polar surface area (TPSA) is 82.0 Å². The molecule has 3 aromatic carbocycles. The number of nitrogens with one attached hydrogen (secondary N) is 1. The number of benzene rings is 3. The molecule has 0 unspecified atom stereocenters. The van der Waals surface area contributed by atoms with Gasteiger partial charge in [0.2, 0.25) is 5.13 Å². The van der Waals surface area contributed by atoms with Crippen LogP contribution in [0.4, 0.5) is 5.13 Å². The zero-order chi connectivity index (χ0) is 23.9. The Morgan fingerprint density at radius 1 is 1.00 bits per heavy atom. The number of methoxy groups -OCH3 is 2. The van der Waals surface area contributed by atoms with Crippen molar-refractivity contribution in [2.24, 2.45) is 5.10 Å². The van der Waals surface area contributed by atoms with E-state index in [0.717, 1.165) is 16.8 Å². The molecule has 0 atom stereocenters. The summed E-state index contributed by atoms with van der Waals surface area (Å²) in [5.74, 6) is 0.573. The zero-order valence-corrected chi connectivity index (χ0v) is 19.9. The molecule has 0 spiro atoms. The molecular formula is C25H20ClN3O4S. The van der Waals surface area contributed by atoms with Crippen molar-refractivity contribution in [1.82, 2.24) is 4.98 Å². The lowest BCUT2D eigenvalue weighted by Gasteiger charge is -2.11. The van der Waals surface area contributed by atoms with Crippen LogP contribution in [-0.4, -0.2) is 31.4 Å². The van der Waals surface area contributed by atoms with Crippen LogP contribution < -0.4 is 19.6 Å². The number of carbonyl (C=O) groups is 1. The van der Waals surface area contributed by atoms with E-state index in [1.165, 1.54) is 25.6 Å². The smallest absolute Gasteiger partial charge is 0.347 e. The van der Waals surface area contributed by atoms with Crippen LogP contribution in [0.2, 0.25) is 5.02 Å². The van der Waals surface area contributed by atoms with Crippen LogP contribution in [0.25, 0.3) is 11.3 Å². The zero-order valence-electron chi connectivity index (χ0n) is 18.3. The van der Waals surface area contributed by atoms with Gasteiger partial charge in [0, 0.05) is 16.0 Å². The summed E-state index contributed by atoms with van der Waals surface area (Å²) in [6, 6.07) is 19.5. The molecule has 4 aromatic rings. The van der Waals surface area contributed by atoms with Gasteiger partial charge < -0.3 is 14.2 Å². The summed E-state index contributed by atoms with van der Waals surface area (Å²) < 4.78 is 16.1. The minimum absolute atomic E-state index is 0.288. The maximum Gasteiger partial charge on any atom is 0.347 e. The number of nitrogens with zero attached hydrogens (tertiary/aromatic N) is 2. The molecule has 0 bridgehead atoms. The molecule has 0 aliphatic heterocycles. The number of thiazole rings is 1. The van der Waals surface area contributed by atoms with Crippen molar-refractivity contribution in [3.63, 3.8) is 0 Å². The van der Waals surface area contributed by atoms with Gasteiger partial charge in [-0.2, -0.15) is 5.10 Å². The first-order valence-electron chi connectivity index (χ1n) is 10.1. The monoisotopic (exact) mass is 493 g/mol. The van der Waals surface area contributed by atoms with Crippen LogP contribution in [0.15, 0.2) is 77.2 Å². The Balaban J connectivity index is 1.42. The summed E-state index contributed by atoms with van der Waals surface area (Å²) in [6.07, 6.45) is 1.62. The van der Waals surface area contributed by atoms with Crippen molar-refractivity contribution in [3.8, 4) is 28.5 Å². The maximum atomic E-state index is 12.6. The van der Waals surface area contributed by atoms with Gasteiger partial charge in [-0.05, 0) is 48.0 Å². The van der Waals surface area contributed by atoms with E-state index in [4.69, 9.17) is 25.8 Å². The van der Waals surface area contributed by atoms with E-state index in [1.807, 2.05) is 29.6 Å². The Morgan fingerprint density at radius 2 is 1.76 bits per heavy atom. The lowest BCUT2D eigenvalue weighted by Crippen LogP contribution is -2.10. The Hall–Kier alpha value is -3.88. The van der Waals surface area contributed by atoms with E-state index in [-0.39, 0.29) is 5.75 Å². The second-order valence-corrected chi connectivity index (χ2v) is 8.21. The summed E-state index contributed by atoms with van der Waals surface area (Å²) >= 11 is 7.38. The Kier molecular flexibility index (Phi) is 7.41. The van der Waals surface area contributed by atoms with Gasteiger partial charge in [-0.25, -0.2) is 9.78 Å². The van der Waals surface area contributed by atoms with Crippen LogP contribution in [0.1, 0.15) is 15.9 Å². The van der Waals surface area contributed by atoms with E-state index in [2.05, 4.69) is 15.5 Å². The van der Waals surface area contributed by atoms with Crippen molar-refractivity contribution in [2.45, 2.75) is 0 Å². The van der Waals surface area contributed by atoms with Gasteiger partial charge in [0.15, 0.2) is 11.5 Å². The number of esters is 1. The highest BCUT2D eigenvalue weighted by Crippen LogP contribution is 2.30. The number of hydrogen-bond donors (Lipinski definition) is 1. The standard InChI is InChI=1S/C25H20ClN3O4S/c1-31-21-6-4-3-5-19(21)24(30)33-22-12-7-16(13-23(22)32-2)14-27-29-25-28-20(15-34-25)17-8-10-18(26)11-9-17/h3-15H,1-2H3,(H,28,29)/b27-14+. The number of halogens is 1. The van der Waals surface area contributed by atoms with Gasteiger partial charge in [-0.3, -0.25) is 5.43 Å². The first-order chi connectivity index (χ1) is 16.6. The van der Waals surface area contributed by atoms with Gasteiger partial charge in [0.05, 0.1) is 26.1 Å². The fourth-order valence-electron chi connectivity index (χ4n) is 3.06. The highest BCUT2D eigenvalue weighted by atomic mass is 35.5. The van der Waals surface area contributed by atoms with Crippen molar-refractivity contribution < 1.29 is 19.0 Å². The molecule has 0 saturated carbocycles. The molecule has 9 heteroatoms. The number of aromatic nitrogens is 1. The van der Waals surface area contributed by atoms with Gasteiger partial charge in [-0.1, -0.05) is 35.9 Å². The molecule has 1 aromatic heterocycles. The van der Waals surface area contributed by atoms with Gasteiger partial charge >= 0.3 is 5.97 Å². The third-order valence-corrected chi connectivity index (χ3v) is 5.73. The normalized spacial score (nSPS) is 10.8. The fraction of sp³-hybridized carbons (Fsp3) is 0.0800. The van der Waals surface area contributed by atoms with Crippen LogP contribution in [0.3, 0.4) is 0 Å². The van der Waals surface area contributed by atoms with Crippen molar-refractivity contribution in [1.29, 1.82) is 0 Å². The Bertz CT molecular complexity index is 1320. The SMILES string of the molecule is COc1cc(/C=N/Nc2nc(-c3ccc(Cl)cc3)cs2)ccc1OC(=O)c1ccccc1OC. The van der Waals surface area contributed by atoms with Crippen LogP contribution in [0, 0.1) is 0 Å². The predicted octanol–water partition coefficient (Wildman–Crippen LogP) is 6.15. The molecule has 0 saturated heterocycles. The maximum absolute atomic E-state index is 12.6. The number of hydrazone groups is 1. The minimum Gasteiger partial charge on any atom is -0.496 e. The molecule has 0 aliphatic rings. The van der Waals surface area contributed by atoms with Crippen molar-refractivity contribution >= 4 is 40.3 Å². The van der Waals surface area contributed by atoms with E-state index in [0.29, 0.717) is 27.2 Å². The minimum atomic E-state index is -0.543. The summed E-state index contributed by atoms with van der Waals surface area (Å²) in [5.41, 5.74) is 5.80. The fourth-order valence-corrected chi connectivity index (χ4v) is 3.85. The summed E-state index contributed by atoms with van der Waals surface area (Å²) in [6.45, 7) is 0. The average Bonchev–Trinajstić information content (AvgIpc) is 3.34. The lowest BCUT2D eigenvalue weighted by atomic mass is 10.2. The molecule has 1 heterocycles. The molecule has 0 radical (unpaired) electrons. The number of anilines is 1. The van der Waals surface area contributed by atoms with Crippen LogP contribution in [-0.2, 0) is 0 Å². The largest absolute Gasteiger partial charge is 0.496 e. The lowest BCUT2D eigenvalue weighted by molar-refractivity contribution is 0.0726. The first-order valence-corrected chi connectivity index (χ1v) is 11.4. The molecule has 7 nitrogen and oxygen atoms in total. The molecule has 1 N–H and O–H groups in total. The number of ether oxygens (including phenoxy) is 3. The van der Waals surface area contributed by atoms with Gasteiger partial charge in [-0.15, -0.1) is 11.3 Å². The molecule has 172 valence electrons. The Morgan fingerprint density at radius 3 is 2.53 bits per heavy atom.